The first kappa shape index (κ1) is 20.8. The average Bonchev–Trinajstić information content (AvgIpc) is 2.71. The number of nitrogens with zero attached hydrogens (tertiary/aromatic N) is 2. The largest absolute Gasteiger partial charge is 0.459 e. The van der Waals surface area contributed by atoms with Gasteiger partial charge in [0, 0.05) is 31.7 Å². The number of esters is 2. The molecule has 2 aliphatic rings. The third-order valence-corrected chi connectivity index (χ3v) is 5.66. The summed E-state index contributed by atoms with van der Waals surface area (Å²) in [5.74, 6) is -1.91. The van der Waals surface area contributed by atoms with Crippen LogP contribution in [0.5, 0.6) is 0 Å². The lowest BCUT2D eigenvalue weighted by Crippen LogP contribution is -2.50. The van der Waals surface area contributed by atoms with Gasteiger partial charge in [0.15, 0.2) is 0 Å². The summed E-state index contributed by atoms with van der Waals surface area (Å²) >= 11 is 0. The van der Waals surface area contributed by atoms with Gasteiger partial charge < -0.3 is 24.4 Å². The molecule has 0 atom stereocenters. The molecule has 0 bridgehead atoms. The number of rotatable bonds is 5. The number of hydrogen-bond acceptors (Lipinski definition) is 7. The van der Waals surface area contributed by atoms with E-state index in [4.69, 9.17) is 9.47 Å². The van der Waals surface area contributed by atoms with Crippen molar-refractivity contribution in [3.63, 3.8) is 0 Å². The fourth-order valence-corrected chi connectivity index (χ4v) is 3.68. The van der Waals surface area contributed by atoms with Crippen LogP contribution in [0.25, 0.3) is 0 Å². The Morgan fingerprint density at radius 1 is 0.857 bits per heavy atom. The van der Waals surface area contributed by atoms with Crippen LogP contribution in [0, 0.1) is 0 Å². The van der Waals surface area contributed by atoms with Gasteiger partial charge in [0.1, 0.15) is 12.2 Å². The zero-order valence-corrected chi connectivity index (χ0v) is 16.7. The number of ether oxygens (including phenoxy) is 2. The van der Waals surface area contributed by atoms with Crippen molar-refractivity contribution < 1.29 is 24.2 Å². The molecule has 7 heteroatoms. The van der Waals surface area contributed by atoms with Crippen LogP contribution < -0.4 is 0 Å². The number of piperidine rings is 2. The van der Waals surface area contributed by atoms with Gasteiger partial charge in [0.25, 0.3) is 5.60 Å². The van der Waals surface area contributed by atoms with Gasteiger partial charge in [-0.1, -0.05) is 30.3 Å². The van der Waals surface area contributed by atoms with Crippen molar-refractivity contribution in [2.75, 3.05) is 40.3 Å². The Morgan fingerprint density at radius 3 is 1.64 bits per heavy atom. The van der Waals surface area contributed by atoms with Crippen LogP contribution in [0.1, 0.15) is 31.2 Å². The highest BCUT2D eigenvalue weighted by molar-refractivity contribution is 6.04. The van der Waals surface area contributed by atoms with Gasteiger partial charge in [-0.2, -0.15) is 0 Å². The van der Waals surface area contributed by atoms with E-state index in [1.165, 1.54) is 0 Å². The van der Waals surface area contributed by atoms with Crippen LogP contribution in [0.2, 0.25) is 0 Å². The quantitative estimate of drug-likeness (QED) is 0.597. The monoisotopic (exact) mass is 390 g/mol. The highest BCUT2D eigenvalue weighted by atomic mass is 16.6. The smallest absolute Gasteiger partial charge is 0.355 e. The molecule has 2 heterocycles. The maximum Gasteiger partial charge on any atom is 0.355 e. The summed E-state index contributed by atoms with van der Waals surface area (Å²) in [5, 5.41) is 11.2. The van der Waals surface area contributed by atoms with Crippen molar-refractivity contribution in [2.45, 2.75) is 43.5 Å². The zero-order chi connectivity index (χ0) is 20.1. The van der Waals surface area contributed by atoms with Crippen molar-refractivity contribution in [3.05, 3.63) is 35.9 Å². The van der Waals surface area contributed by atoms with Crippen molar-refractivity contribution in [1.29, 1.82) is 0 Å². The lowest BCUT2D eigenvalue weighted by molar-refractivity contribution is -0.193. The van der Waals surface area contributed by atoms with E-state index >= 15 is 0 Å². The first-order valence-electron chi connectivity index (χ1n) is 9.96. The number of aliphatic hydroxyl groups is 1. The Hall–Kier alpha value is -1.96. The average molecular weight is 390 g/mol. The van der Waals surface area contributed by atoms with Crippen LogP contribution >= 0.6 is 0 Å². The van der Waals surface area contributed by atoms with E-state index in [1.54, 1.807) is 30.3 Å². The summed E-state index contributed by atoms with van der Waals surface area (Å²) in [4.78, 5) is 30.2. The fourth-order valence-electron chi connectivity index (χ4n) is 3.68. The van der Waals surface area contributed by atoms with Crippen LogP contribution in [0.4, 0.5) is 0 Å². The minimum atomic E-state index is -2.45. The Bertz CT molecular complexity index is 629. The van der Waals surface area contributed by atoms with Gasteiger partial charge in [-0.05, 0) is 39.8 Å². The van der Waals surface area contributed by atoms with Gasteiger partial charge in [0.05, 0.1) is 0 Å². The van der Waals surface area contributed by atoms with E-state index in [1.807, 2.05) is 14.1 Å². The molecule has 1 N–H and O–H groups in total. The van der Waals surface area contributed by atoms with Gasteiger partial charge in [0.2, 0.25) is 0 Å². The van der Waals surface area contributed by atoms with E-state index in [9.17, 15) is 14.7 Å². The molecule has 154 valence electrons. The molecular weight excluding hydrogens is 360 g/mol. The molecule has 7 nitrogen and oxygen atoms in total. The molecule has 0 unspecified atom stereocenters. The van der Waals surface area contributed by atoms with Crippen LogP contribution in [-0.2, 0) is 24.7 Å². The molecule has 28 heavy (non-hydrogen) atoms. The molecule has 0 saturated carbocycles. The molecule has 0 spiro atoms. The Balaban J connectivity index is 1.75. The molecule has 2 saturated heterocycles. The maximum atomic E-state index is 13.0. The maximum absolute atomic E-state index is 13.0. The van der Waals surface area contributed by atoms with Gasteiger partial charge in [-0.25, -0.2) is 9.59 Å². The molecule has 2 fully saturated rings. The lowest BCUT2D eigenvalue weighted by atomic mass is 9.93. The first-order valence-corrected chi connectivity index (χ1v) is 9.96. The van der Waals surface area contributed by atoms with Crippen molar-refractivity contribution in [1.82, 2.24) is 9.80 Å². The van der Waals surface area contributed by atoms with E-state index in [0.717, 1.165) is 26.2 Å². The number of hydrogen-bond donors (Lipinski definition) is 1. The normalized spacial score (nSPS) is 20.7. The summed E-state index contributed by atoms with van der Waals surface area (Å²) < 4.78 is 11.1. The predicted octanol–water partition coefficient (Wildman–Crippen LogP) is 1.15. The van der Waals surface area contributed by atoms with Crippen LogP contribution in [0.3, 0.4) is 0 Å². The Morgan fingerprint density at radius 2 is 1.25 bits per heavy atom. The Labute approximate surface area is 166 Å². The molecule has 1 aromatic rings. The standard InChI is InChI=1S/C21H30N2O5/c1-22-12-8-17(9-13-22)27-19(24)21(26,16-6-4-3-5-7-16)20(25)28-18-10-14-23(2)15-11-18/h3-7,17-18,26H,8-15H2,1-2H3. The molecule has 0 aliphatic carbocycles. The minimum absolute atomic E-state index is 0.172. The second-order valence-corrected chi connectivity index (χ2v) is 7.89. The molecule has 3 rings (SSSR count). The molecule has 1 aromatic carbocycles. The SMILES string of the molecule is CN1CCC(OC(=O)C(O)(C(=O)OC2CCN(C)CC2)c2ccccc2)CC1. The summed E-state index contributed by atoms with van der Waals surface area (Å²) in [6, 6.07) is 8.20. The predicted molar refractivity (Wildman–Crippen MR) is 104 cm³/mol. The number of carbonyl (C=O) groups is 2. The molecule has 0 radical (unpaired) electrons. The second-order valence-electron chi connectivity index (χ2n) is 7.89. The molecule has 2 aliphatic heterocycles. The summed E-state index contributed by atoms with van der Waals surface area (Å²) in [6.45, 7) is 3.23. The first-order chi connectivity index (χ1) is 13.4. The summed E-state index contributed by atoms with van der Waals surface area (Å²) in [5.41, 5.74) is -2.28. The van der Waals surface area contributed by atoms with Crippen LogP contribution in [-0.4, -0.2) is 79.3 Å². The molecule has 0 amide bonds. The second kappa shape index (κ2) is 9.03. The third kappa shape index (κ3) is 4.71. The highest BCUT2D eigenvalue weighted by Crippen LogP contribution is 2.28. The Kier molecular flexibility index (Phi) is 6.69. The number of likely N-dealkylation sites (tertiary alicyclic amines) is 2. The summed E-state index contributed by atoms with van der Waals surface area (Å²) in [7, 11) is 4.02. The highest BCUT2D eigenvalue weighted by Gasteiger charge is 2.50. The van der Waals surface area contributed by atoms with Gasteiger partial charge >= 0.3 is 11.9 Å². The zero-order valence-electron chi connectivity index (χ0n) is 16.7. The fraction of sp³-hybridized carbons (Fsp3) is 0.619. The van der Waals surface area contributed by atoms with E-state index < -0.39 is 17.5 Å². The van der Waals surface area contributed by atoms with Gasteiger partial charge in [-0.3, -0.25) is 0 Å². The lowest BCUT2D eigenvalue weighted by Gasteiger charge is -2.33. The number of benzene rings is 1. The van der Waals surface area contributed by atoms with Crippen molar-refractivity contribution in [3.8, 4) is 0 Å². The van der Waals surface area contributed by atoms with E-state index in [-0.39, 0.29) is 17.8 Å². The molecule has 0 aromatic heterocycles. The van der Waals surface area contributed by atoms with E-state index in [2.05, 4.69) is 9.80 Å². The minimum Gasteiger partial charge on any atom is -0.459 e. The van der Waals surface area contributed by atoms with Crippen molar-refractivity contribution in [2.24, 2.45) is 0 Å². The molecular formula is C21H30N2O5. The summed E-state index contributed by atoms with van der Waals surface area (Å²) in [6.07, 6.45) is 2.09. The number of carbonyl (C=O) groups excluding carboxylic acids is 2. The van der Waals surface area contributed by atoms with Crippen LogP contribution in [0.15, 0.2) is 30.3 Å². The third-order valence-electron chi connectivity index (χ3n) is 5.66. The van der Waals surface area contributed by atoms with E-state index in [0.29, 0.717) is 25.7 Å². The topological polar surface area (TPSA) is 79.3 Å². The van der Waals surface area contributed by atoms with Crippen molar-refractivity contribution >= 4 is 11.9 Å². The van der Waals surface area contributed by atoms with Gasteiger partial charge in [-0.15, -0.1) is 0 Å².